The van der Waals surface area contributed by atoms with Crippen molar-refractivity contribution in [3.8, 4) is 0 Å². The van der Waals surface area contributed by atoms with Gasteiger partial charge in [-0.25, -0.2) is 0 Å². The van der Waals surface area contributed by atoms with Crippen molar-refractivity contribution in [1.82, 2.24) is 5.32 Å². The maximum absolute atomic E-state index is 9.73. The van der Waals surface area contributed by atoms with E-state index in [4.69, 9.17) is 0 Å². The molecular weight excluding hydrogens is 205 g/mol. The van der Waals surface area contributed by atoms with E-state index in [1.165, 1.54) is 0 Å². The van der Waals surface area contributed by atoms with Gasteiger partial charge in [0.25, 0.3) is 0 Å². The molecule has 60 valence electrons. The predicted molar refractivity (Wildman–Crippen MR) is 49.2 cm³/mol. The Morgan fingerprint density at radius 3 is 2.55 bits per heavy atom. The maximum Gasteiger partial charge on any atom is 1.00 e. The predicted octanol–water partition coefficient (Wildman–Crippen LogP) is -1.91. The monoisotopic (exact) mass is 217 g/mol. The zero-order valence-electron chi connectivity index (χ0n) is 7.05. The Morgan fingerprint density at radius 2 is 2.00 bits per heavy atom. The molecule has 0 bridgehead atoms. The summed E-state index contributed by atoms with van der Waals surface area (Å²) >= 11 is 0. The molecule has 0 rings (SSSR count). The fourth-order valence-corrected chi connectivity index (χ4v) is 2.24. The van der Waals surface area contributed by atoms with E-state index in [1.54, 1.807) is 21.6 Å². The normalized spacial score (nSPS) is 8.82. The van der Waals surface area contributed by atoms with Crippen LogP contribution in [0.4, 0.5) is 0 Å². The smallest absolute Gasteiger partial charge is 0.542 e. The molecule has 1 N–H and O–H groups in total. The van der Waals surface area contributed by atoms with Crippen LogP contribution in [-0.4, -0.2) is 31.4 Å². The van der Waals surface area contributed by atoms with Gasteiger partial charge in [-0.15, -0.1) is 6.42 Å². The summed E-state index contributed by atoms with van der Waals surface area (Å²) in [7, 11) is 5.46. The molecule has 0 radical (unpaired) electrons. The first-order valence-corrected chi connectivity index (χ1v) is 5.64. The summed E-state index contributed by atoms with van der Waals surface area (Å²) in [5.41, 5.74) is 0. The Hall–Kier alpha value is 1.97. The van der Waals surface area contributed by atoms with Crippen molar-refractivity contribution in [2.75, 3.05) is 25.1 Å². The van der Waals surface area contributed by atoms with E-state index in [2.05, 4.69) is 5.32 Å². The first-order valence-electron chi connectivity index (χ1n) is 3.16. The molecule has 0 spiro atoms. The molecule has 0 aromatic rings. The second-order valence-electron chi connectivity index (χ2n) is 1.64. The zero-order chi connectivity index (χ0) is 7.66. The van der Waals surface area contributed by atoms with Crippen molar-refractivity contribution in [3.05, 3.63) is 0 Å². The van der Waals surface area contributed by atoms with Crippen molar-refractivity contribution in [1.29, 1.82) is 0 Å². The Balaban J connectivity index is 0. The Morgan fingerprint density at radius 1 is 1.36 bits per heavy atom. The van der Waals surface area contributed by atoms with Gasteiger partial charge in [0.05, 0.1) is 0 Å². The Labute approximate surface area is 119 Å². The van der Waals surface area contributed by atoms with Gasteiger partial charge in [0.2, 0.25) is 0 Å². The molecule has 0 saturated carbocycles. The van der Waals surface area contributed by atoms with Crippen LogP contribution >= 0.6 is 21.6 Å². The molecule has 0 fully saturated rings. The molecule has 0 aliphatic rings. The third-order valence-corrected chi connectivity index (χ3v) is 3.21. The topological polar surface area (TPSA) is 29.1 Å². The van der Waals surface area contributed by atoms with E-state index in [1.807, 2.05) is 13.3 Å². The van der Waals surface area contributed by atoms with Crippen LogP contribution < -0.4 is 56.7 Å². The summed E-state index contributed by atoms with van der Waals surface area (Å²) in [5, 5.41) is 3.05. The van der Waals surface area contributed by atoms with Crippen LogP contribution in [0.25, 0.3) is 0 Å². The van der Waals surface area contributed by atoms with E-state index in [9.17, 15) is 4.79 Å². The summed E-state index contributed by atoms with van der Waals surface area (Å²) in [6.07, 6.45) is 2.41. The van der Waals surface area contributed by atoms with E-state index in [0.717, 1.165) is 18.1 Å². The van der Waals surface area contributed by atoms with Crippen LogP contribution in [0.3, 0.4) is 0 Å². The molecule has 0 aliphatic carbocycles. The van der Waals surface area contributed by atoms with Gasteiger partial charge in [-0.2, -0.15) is 0 Å². The largest absolute Gasteiger partial charge is 1.00 e. The molecule has 0 aromatic carbocycles. The van der Waals surface area contributed by atoms with Gasteiger partial charge in [0, 0.05) is 12.3 Å². The van der Waals surface area contributed by atoms with E-state index in [0.29, 0.717) is 6.42 Å². The molecule has 11 heavy (non-hydrogen) atoms. The van der Waals surface area contributed by atoms with Crippen LogP contribution in [0.1, 0.15) is 6.42 Å². The third-order valence-electron chi connectivity index (χ3n) is 0.806. The van der Waals surface area contributed by atoms with Gasteiger partial charge in [0.15, 0.2) is 0 Å². The molecule has 0 aromatic heterocycles. The van der Waals surface area contributed by atoms with Crippen LogP contribution in [0, 0.1) is 0 Å². The molecule has 0 amide bonds. The summed E-state index contributed by atoms with van der Waals surface area (Å²) < 4.78 is 0. The number of rotatable bonds is 7. The molecule has 0 unspecified atom stereocenters. The van der Waals surface area contributed by atoms with Gasteiger partial charge in [0.1, 0.15) is 0 Å². The number of hydrogen-bond acceptors (Lipinski definition) is 4. The molecule has 0 atom stereocenters. The Kier molecular flexibility index (Phi) is 20.3. The second kappa shape index (κ2) is 14.5. The average molecular weight is 217 g/mol. The quantitative estimate of drug-likeness (QED) is 0.233. The standard InChI is InChI=1S/C6H12NOS2.K/c1-7-3-6-10-9-5-2-4-8;/h7H,2-3,5-6H2,1H3;/q-1;+1. The Bertz CT molecular complexity index is 85.0. The summed E-state index contributed by atoms with van der Waals surface area (Å²) in [5.74, 6) is 1.98. The fraction of sp³-hybridized carbons (Fsp3) is 0.833. The van der Waals surface area contributed by atoms with Crippen LogP contribution in [0.15, 0.2) is 0 Å². The van der Waals surface area contributed by atoms with Crippen LogP contribution in [0.5, 0.6) is 0 Å². The van der Waals surface area contributed by atoms with Crippen molar-refractivity contribution >= 4 is 27.9 Å². The van der Waals surface area contributed by atoms with Crippen LogP contribution in [-0.2, 0) is 4.79 Å². The number of hydrogen-bond donors (Lipinski definition) is 1. The second-order valence-corrected chi connectivity index (χ2v) is 4.34. The SMILES string of the molecule is CNCCSSCC[C-]=O.[K+]. The van der Waals surface area contributed by atoms with E-state index >= 15 is 0 Å². The van der Waals surface area contributed by atoms with Crippen molar-refractivity contribution in [3.63, 3.8) is 0 Å². The van der Waals surface area contributed by atoms with Gasteiger partial charge < -0.3 is 10.1 Å². The van der Waals surface area contributed by atoms with Gasteiger partial charge in [-0.3, -0.25) is 6.29 Å². The minimum absolute atomic E-state index is 0. The summed E-state index contributed by atoms with van der Waals surface area (Å²) in [4.78, 5) is 9.73. The third kappa shape index (κ3) is 14.8. The van der Waals surface area contributed by atoms with Gasteiger partial charge in [-0.05, 0) is 12.8 Å². The van der Waals surface area contributed by atoms with Gasteiger partial charge in [-0.1, -0.05) is 21.6 Å². The number of carbonyl (C=O) groups excluding carboxylic acids is 1. The summed E-state index contributed by atoms with van der Waals surface area (Å²) in [6, 6.07) is 0. The fourth-order valence-electron chi connectivity index (χ4n) is 0.345. The molecule has 5 heteroatoms. The minimum atomic E-state index is 0. The van der Waals surface area contributed by atoms with Crippen LogP contribution in [0.2, 0.25) is 0 Å². The van der Waals surface area contributed by atoms with Crippen molar-refractivity contribution in [2.24, 2.45) is 0 Å². The summed E-state index contributed by atoms with van der Waals surface area (Å²) in [6.45, 7) is 1.03. The van der Waals surface area contributed by atoms with Gasteiger partial charge >= 0.3 is 51.4 Å². The zero-order valence-corrected chi connectivity index (χ0v) is 11.8. The number of nitrogens with one attached hydrogen (secondary N) is 1. The first-order chi connectivity index (χ1) is 4.91. The molecule has 0 aliphatic heterocycles. The first kappa shape index (κ1) is 15.4. The molecular formula is C6H12KNOS2. The molecule has 0 saturated heterocycles. The average Bonchev–Trinajstić information content (AvgIpc) is 1.97. The van der Waals surface area contributed by atoms with Crippen molar-refractivity contribution < 1.29 is 56.2 Å². The maximum atomic E-state index is 9.73. The molecule has 2 nitrogen and oxygen atoms in total. The van der Waals surface area contributed by atoms with E-state index in [-0.39, 0.29) is 51.4 Å². The van der Waals surface area contributed by atoms with Crippen molar-refractivity contribution in [2.45, 2.75) is 6.42 Å². The minimum Gasteiger partial charge on any atom is -0.542 e. The van der Waals surface area contributed by atoms with E-state index < -0.39 is 0 Å². The molecule has 0 heterocycles.